The third-order valence-electron chi connectivity index (χ3n) is 1.15. The molecule has 0 saturated carbocycles. The highest BCUT2D eigenvalue weighted by atomic mass is 16.3. The molecular formula is C7H13O2. The highest BCUT2D eigenvalue weighted by Gasteiger charge is 2.00. The summed E-state index contributed by atoms with van der Waals surface area (Å²) in [6, 6.07) is 0. The van der Waals surface area contributed by atoms with Crippen molar-refractivity contribution < 1.29 is 10.2 Å². The van der Waals surface area contributed by atoms with Crippen molar-refractivity contribution in [1.82, 2.24) is 0 Å². The van der Waals surface area contributed by atoms with Gasteiger partial charge in [-0.05, 0) is 12.8 Å². The van der Waals surface area contributed by atoms with Crippen molar-refractivity contribution in [3.8, 4) is 0 Å². The summed E-state index contributed by atoms with van der Waals surface area (Å²) in [6.45, 7) is 3.82. The normalized spacial score (nSPS) is 10.1. The van der Waals surface area contributed by atoms with Gasteiger partial charge >= 0.3 is 0 Å². The van der Waals surface area contributed by atoms with E-state index in [1.54, 1.807) is 6.08 Å². The summed E-state index contributed by atoms with van der Waals surface area (Å²) in [5, 5.41) is 16.9. The fourth-order valence-electron chi connectivity index (χ4n) is 0.616. The van der Waals surface area contributed by atoms with Gasteiger partial charge in [0.05, 0.1) is 0 Å². The van der Waals surface area contributed by atoms with Crippen LogP contribution < -0.4 is 0 Å². The van der Waals surface area contributed by atoms with Gasteiger partial charge in [0.1, 0.15) is 0 Å². The lowest BCUT2D eigenvalue weighted by Gasteiger charge is -2.05. The molecule has 0 fully saturated rings. The predicted molar refractivity (Wildman–Crippen MR) is 36.8 cm³/mol. The van der Waals surface area contributed by atoms with E-state index in [0.29, 0.717) is 12.8 Å². The van der Waals surface area contributed by atoms with Crippen LogP contribution in [-0.2, 0) is 0 Å². The van der Waals surface area contributed by atoms with Crippen LogP contribution >= 0.6 is 0 Å². The molecule has 0 aromatic carbocycles. The zero-order valence-electron chi connectivity index (χ0n) is 5.51. The Morgan fingerprint density at radius 2 is 1.67 bits per heavy atom. The molecule has 9 heavy (non-hydrogen) atoms. The molecule has 0 atom stereocenters. The maximum atomic E-state index is 8.44. The highest BCUT2D eigenvalue weighted by Crippen LogP contribution is 2.10. The molecule has 0 rings (SSSR count). The number of allylic oxidation sites excluding steroid dienone is 1. The minimum Gasteiger partial charge on any atom is -0.396 e. The van der Waals surface area contributed by atoms with Gasteiger partial charge in [-0.1, -0.05) is 6.08 Å². The summed E-state index contributed by atoms with van der Waals surface area (Å²) in [7, 11) is 0. The van der Waals surface area contributed by atoms with Crippen molar-refractivity contribution >= 4 is 0 Å². The Hall–Kier alpha value is -0.340. The summed E-state index contributed by atoms with van der Waals surface area (Å²) >= 11 is 0. The monoisotopic (exact) mass is 129 g/mol. The minimum absolute atomic E-state index is 0.140. The number of rotatable bonds is 5. The van der Waals surface area contributed by atoms with Gasteiger partial charge in [-0.2, -0.15) is 0 Å². The van der Waals surface area contributed by atoms with Gasteiger partial charge < -0.3 is 10.2 Å². The van der Waals surface area contributed by atoms with Crippen molar-refractivity contribution in [2.75, 3.05) is 13.2 Å². The van der Waals surface area contributed by atoms with Crippen molar-refractivity contribution in [2.24, 2.45) is 0 Å². The Bertz CT molecular complexity index is 65.3. The second-order valence-electron chi connectivity index (χ2n) is 1.81. The van der Waals surface area contributed by atoms with Crippen LogP contribution in [-0.4, -0.2) is 23.4 Å². The number of hydrogen-bond acceptors (Lipinski definition) is 2. The van der Waals surface area contributed by atoms with Crippen LogP contribution in [0.25, 0.3) is 0 Å². The summed E-state index contributed by atoms with van der Waals surface area (Å²) in [5.74, 6) is 1.01. The van der Waals surface area contributed by atoms with Crippen molar-refractivity contribution in [3.63, 3.8) is 0 Å². The molecule has 0 bridgehead atoms. The Labute approximate surface area is 55.8 Å². The Morgan fingerprint density at radius 1 is 1.22 bits per heavy atom. The average Bonchev–Trinajstić information content (AvgIpc) is 1.88. The second-order valence-corrected chi connectivity index (χ2v) is 1.81. The fourth-order valence-corrected chi connectivity index (χ4v) is 0.616. The molecule has 0 aliphatic rings. The van der Waals surface area contributed by atoms with E-state index < -0.39 is 0 Å². The molecule has 0 aromatic heterocycles. The first-order valence-electron chi connectivity index (χ1n) is 3.04. The summed E-state index contributed by atoms with van der Waals surface area (Å²) in [5.41, 5.74) is 0. The first-order valence-corrected chi connectivity index (χ1v) is 3.04. The minimum atomic E-state index is 0.140. The van der Waals surface area contributed by atoms with Crippen molar-refractivity contribution in [1.29, 1.82) is 0 Å². The molecule has 2 N–H and O–H groups in total. The van der Waals surface area contributed by atoms with Gasteiger partial charge in [-0.15, -0.1) is 6.58 Å². The molecule has 0 spiro atoms. The first kappa shape index (κ1) is 8.66. The molecular weight excluding hydrogens is 116 g/mol. The number of aliphatic hydroxyl groups excluding tert-OH is 2. The second kappa shape index (κ2) is 5.79. The topological polar surface area (TPSA) is 40.5 Å². The Kier molecular flexibility index (Phi) is 5.57. The van der Waals surface area contributed by atoms with E-state index in [-0.39, 0.29) is 13.2 Å². The smallest absolute Gasteiger partial charge is 0.0439 e. The summed E-state index contributed by atoms with van der Waals surface area (Å²) in [6.07, 6.45) is 2.94. The Balaban J connectivity index is 3.29. The van der Waals surface area contributed by atoms with Gasteiger partial charge in [0.15, 0.2) is 0 Å². The van der Waals surface area contributed by atoms with E-state index in [0.717, 1.165) is 5.92 Å². The largest absolute Gasteiger partial charge is 0.396 e. The summed E-state index contributed by atoms with van der Waals surface area (Å²) < 4.78 is 0. The fraction of sp³-hybridized carbons (Fsp3) is 0.571. The van der Waals surface area contributed by atoms with E-state index in [4.69, 9.17) is 10.2 Å². The van der Waals surface area contributed by atoms with Gasteiger partial charge in [0.25, 0.3) is 0 Å². The lowest BCUT2D eigenvalue weighted by molar-refractivity contribution is 0.271. The Morgan fingerprint density at radius 3 is 1.89 bits per heavy atom. The third kappa shape index (κ3) is 4.18. The van der Waals surface area contributed by atoms with Gasteiger partial charge in [-0.3, -0.25) is 0 Å². The maximum absolute atomic E-state index is 8.44. The zero-order chi connectivity index (χ0) is 7.11. The van der Waals surface area contributed by atoms with Gasteiger partial charge in [0.2, 0.25) is 0 Å². The predicted octanol–water partition coefficient (Wildman–Crippen LogP) is 0.512. The molecule has 0 aromatic rings. The first-order chi connectivity index (χ1) is 4.35. The van der Waals surface area contributed by atoms with Crippen LogP contribution in [0, 0.1) is 5.92 Å². The molecule has 2 heteroatoms. The van der Waals surface area contributed by atoms with Crippen LogP contribution in [0.2, 0.25) is 0 Å². The van der Waals surface area contributed by atoms with Gasteiger partial charge in [-0.25, -0.2) is 0 Å². The summed E-state index contributed by atoms with van der Waals surface area (Å²) in [4.78, 5) is 0. The molecule has 0 heterocycles. The molecule has 0 aliphatic heterocycles. The van der Waals surface area contributed by atoms with Crippen LogP contribution in [0.4, 0.5) is 0 Å². The molecule has 0 unspecified atom stereocenters. The molecule has 0 amide bonds. The molecule has 2 nitrogen and oxygen atoms in total. The highest BCUT2D eigenvalue weighted by molar-refractivity contribution is 5.05. The lowest BCUT2D eigenvalue weighted by Crippen LogP contribution is -1.99. The van der Waals surface area contributed by atoms with Crippen molar-refractivity contribution in [2.45, 2.75) is 12.8 Å². The number of hydrogen-bond donors (Lipinski definition) is 2. The van der Waals surface area contributed by atoms with E-state index in [9.17, 15) is 0 Å². The molecule has 1 radical (unpaired) electrons. The molecule has 53 valence electrons. The van der Waals surface area contributed by atoms with E-state index in [1.807, 2.05) is 0 Å². The quantitative estimate of drug-likeness (QED) is 0.568. The van der Waals surface area contributed by atoms with Crippen LogP contribution in [0.3, 0.4) is 0 Å². The van der Waals surface area contributed by atoms with Crippen LogP contribution in [0.5, 0.6) is 0 Å². The third-order valence-corrected chi connectivity index (χ3v) is 1.15. The SMILES string of the molecule is C=C[C](CCO)CCO. The maximum Gasteiger partial charge on any atom is 0.0439 e. The van der Waals surface area contributed by atoms with Crippen LogP contribution in [0.15, 0.2) is 12.7 Å². The van der Waals surface area contributed by atoms with Gasteiger partial charge in [0, 0.05) is 19.1 Å². The molecule has 0 saturated heterocycles. The zero-order valence-corrected chi connectivity index (χ0v) is 5.51. The average molecular weight is 129 g/mol. The number of aliphatic hydroxyl groups is 2. The van der Waals surface area contributed by atoms with Crippen molar-refractivity contribution in [3.05, 3.63) is 18.6 Å². The van der Waals surface area contributed by atoms with Crippen LogP contribution in [0.1, 0.15) is 12.8 Å². The molecule has 0 aliphatic carbocycles. The standard InChI is InChI=1S/C7H13O2/c1-2-7(3-5-8)4-6-9/h2,8-9H,1,3-6H2. The van der Waals surface area contributed by atoms with E-state index >= 15 is 0 Å². The lowest BCUT2D eigenvalue weighted by atomic mass is 10.0. The van der Waals surface area contributed by atoms with E-state index in [2.05, 4.69) is 6.58 Å². The van der Waals surface area contributed by atoms with E-state index in [1.165, 1.54) is 0 Å².